The van der Waals surface area contributed by atoms with E-state index >= 15 is 0 Å². The molecular formula is C15H22O5. The third-order valence-corrected chi connectivity index (χ3v) is 4.75. The maximum absolute atomic E-state index is 12.3. The molecule has 0 heterocycles. The Morgan fingerprint density at radius 1 is 1.15 bits per heavy atom. The number of hydrogen-bond acceptors (Lipinski definition) is 5. The van der Waals surface area contributed by atoms with E-state index in [4.69, 9.17) is 9.47 Å². The third-order valence-electron chi connectivity index (χ3n) is 4.75. The minimum Gasteiger partial charge on any atom is -0.465 e. The quantitative estimate of drug-likeness (QED) is 0.580. The molecule has 0 spiro atoms. The van der Waals surface area contributed by atoms with Crippen LogP contribution in [-0.4, -0.2) is 30.9 Å². The summed E-state index contributed by atoms with van der Waals surface area (Å²) in [5, 5.41) is 0. The molecule has 0 bridgehead atoms. The van der Waals surface area contributed by atoms with E-state index in [9.17, 15) is 14.4 Å². The Labute approximate surface area is 119 Å². The summed E-state index contributed by atoms with van der Waals surface area (Å²) in [5.74, 6) is -0.630. The summed E-state index contributed by atoms with van der Waals surface area (Å²) in [6.07, 6.45) is 1.22. The first-order chi connectivity index (χ1) is 9.46. The van der Waals surface area contributed by atoms with E-state index in [0.717, 1.165) is 0 Å². The summed E-state index contributed by atoms with van der Waals surface area (Å²) in [5.41, 5.74) is -1.20. The van der Waals surface area contributed by atoms with Crippen molar-refractivity contribution in [3.8, 4) is 0 Å². The highest BCUT2D eigenvalue weighted by atomic mass is 16.6. The molecule has 5 heteroatoms. The van der Waals surface area contributed by atoms with Gasteiger partial charge in [-0.1, -0.05) is 6.92 Å². The number of carbonyl (C=O) groups is 3. The fraction of sp³-hybridized carbons (Fsp3) is 0.800. The highest BCUT2D eigenvalue weighted by Gasteiger charge is 2.61. The summed E-state index contributed by atoms with van der Waals surface area (Å²) >= 11 is 0. The molecule has 20 heavy (non-hydrogen) atoms. The largest absolute Gasteiger partial charge is 0.465 e. The molecule has 0 aromatic heterocycles. The van der Waals surface area contributed by atoms with Crippen LogP contribution >= 0.6 is 0 Å². The molecule has 0 N–H and O–H groups in total. The second-order valence-corrected chi connectivity index (χ2v) is 5.81. The zero-order valence-electron chi connectivity index (χ0n) is 12.3. The molecule has 2 rings (SSSR count). The van der Waals surface area contributed by atoms with E-state index in [2.05, 4.69) is 0 Å². The molecule has 2 aliphatic carbocycles. The molecule has 2 aliphatic rings. The SMILES string of the molecule is CCOC(=O)C1(C(=O)OCC)C[C@@H]2CC(=O)[C@H](C)[C@@H]2C1. The number of Topliss-reactive ketones (excluding diaryl/α,β-unsaturated/α-hetero) is 1. The molecule has 0 saturated heterocycles. The second kappa shape index (κ2) is 5.54. The molecule has 3 atom stereocenters. The highest BCUT2D eigenvalue weighted by Crippen LogP contribution is 2.55. The predicted molar refractivity (Wildman–Crippen MR) is 70.7 cm³/mol. The number of carbonyl (C=O) groups excluding carboxylic acids is 3. The van der Waals surface area contributed by atoms with Crippen LogP contribution in [0.5, 0.6) is 0 Å². The molecule has 0 unspecified atom stereocenters. The van der Waals surface area contributed by atoms with Crippen molar-refractivity contribution in [1.82, 2.24) is 0 Å². The molecule has 2 saturated carbocycles. The van der Waals surface area contributed by atoms with Gasteiger partial charge in [-0.3, -0.25) is 14.4 Å². The van der Waals surface area contributed by atoms with E-state index < -0.39 is 17.4 Å². The van der Waals surface area contributed by atoms with Crippen molar-refractivity contribution in [2.45, 2.75) is 40.0 Å². The van der Waals surface area contributed by atoms with Crippen LogP contribution in [0.2, 0.25) is 0 Å². The van der Waals surface area contributed by atoms with Gasteiger partial charge >= 0.3 is 11.9 Å². The molecule has 0 aliphatic heterocycles. The van der Waals surface area contributed by atoms with Gasteiger partial charge in [0.25, 0.3) is 0 Å². The van der Waals surface area contributed by atoms with Crippen molar-refractivity contribution in [2.24, 2.45) is 23.2 Å². The first-order valence-corrected chi connectivity index (χ1v) is 7.33. The molecule has 0 aromatic rings. The molecular weight excluding hydrogens is 260 g/mol. The molecule has 112 valence electrons. The minimum atomic E-state index is -1.20. The lowest BCUT2D eigenvalue weighted by molar-refractivity contribution is -0.172. The average Bonchev–Trinajstić information content (AvgIpc) is 2.89. The average molecular weight is 282 g/mol. The van der Waals surface area contributed by atoms with Gasteiger partial charge in [0.2, 0.25) is 0 Å². The predicted octanol–water partition coefficient (Wildman–Crippen LogP) is 1.73. The lowest BCUT2D eigenvalue weighted by Gasteiger charge is -2.25. The molecule has 0 amide bonds. The van der Waals surface area contributed by atoms with Gasteiger partial charge in [0.1, 0.15) is 5.78 Å². The van der Waals surface area contributed by atoms with Gasteiger partial charge in [0.15, 0.2) is 5.41 Å². The standard InChI is InChI=1S/C15H22O5/c1-4-19-13(17)15(14(18)20-5-2)7-10-6-12(16)9(3)11(10)8-15/h9-11H,4-8H2,1-3H3/t9-,10+,11+/m1/s1. The smallest absolute Gasteiger partial charge is 0.323 e. The maximum Gasteiger partial charge on any atom is 0.323 e. The Morgan fingerprint density at radius 2 is 1.70 bits per heavy atom. The first kappa shape index (κ1) is 15.0. The van der Waals surface area contributed by atoms with Gasteiger partial charge in [-0.2, -0.15) is 0 Å². The van der Waals surface area contributed by atoms with E-state index in [0.29, 0.717) is 19.3 Å². The molecule has 2 fully saturated rings. The van der Waals surface area contributed by atoms with Crippen molar-refractivity contribution in [2.75, 3.05) is 13.2 Å². The lowest BCUT2D eigenvalue weighted by Crippen LogP contribution is -2.41. The van der Waals surface area contributed by atoms with Crippen molar-refractivity contribution in [3.05, 3.63) is 0 Å². The monoisotopic (exact) mass is 282 g/mol. The number of rotatable bonds is 4. The molecule has 5 nitrogen and oxygen atoms in total. The van der Waals surface area contributed by atoms with Crippen LogP contribution in [0.25, 0.3) is 0 Å². The van der Waals surface area contributed by atoms with Crippen molar-refractivity contribution in [1.29, 1.82) is 0 Å². The molecule has 0 radical (unpaired) electrons. The Balaban J connectivity index is 2.25. The van der Waals surface area contributed by atoms with Crippen LogP contribution < -0.4 is 0 Å². The van der Waals surface area contributed by atoms with Crippen LogP contribution in [0.1, 0.15) is 40.0 Å². The van der Waals surface area contributed by atoms with E-state index in [1.54, 1.807) is 13.8 Å². The lowest BCUT2D eigenvalue weighted by atomic mass is 9.82. The van der Waals surface area contributed by atoms with E-state index in [-0.39, 0.29) is 36.8 Å². The Morgan fingerprint density at radius 3 is 2.15 bits per heavy atom. The van der Waals surface area contributed by atoms with Crippen molar-refractivity contribution < 1.29 is 23.9 Å². The summed E-state index contributed by atoms with van der Waals surface area (Å²) < 4.78 is 10.2. The number of ketones is 1. The second-order valence-electron chi connectivity index (χ2n) is 5.81. The van der Waals surface area contributed by atoms with Crippen LogP contribution in [-0.2, 0) is 23.9 Å². The number of hydrogen-bond donors (Lipinski definition) is 0. The zero-order chi connectivity index (χ0) is 14.9. The Kier molecular flexibility index (Phi) is 4.16. The van der Waals surface area contributed by atoms with Gasteiger partial charge in [-0.25, -0.2) is 0 Å². The Hall–Kier alpha value is -1.39. The summed E-state index contributed by atoms with van der Waals surface area (Å²) in [6.45, 7) is 5.81. The van der Waals surface area contributed by atoms with Crippen LogP contribution in [0.15, 0.2) is 0 Å². The van der Waals surface area contributed by atoms with E-state index in [1.807, 2.05) is 6.92 Å². The third kappa shape index (κ3) is 2.23. The van der Waals surface area contributed by atoms with Gasteiger partial charge in [0.05, 0.1) is 13.2 Å². The fourth-order valence-electron chi connectivity index (χ4n) is 3.70. The topological polar surface area (TPSA) is 69.7 Å². The first-order valence-electron chi connectivity index (χ1n) is 7.33. The van der Waals surface area contributed by atoms with Crippen LogP contribution in [0.3, 0.4) is 0 Å². The number of esters is 2. The normalized spacial score (nSPS) is 30.9. The molecule has 0 aromatic carbocycles. The minimum absolute atomic E-state index is 0.0780. The van der Waals surface area contributed by atoms with Crippen molar-refractivity contribution >= 4 is 17.7 Å². The van der Waals surface area contributed by atoms with Crippen LogP contribution in [0.4, 0.5) is 0 Å². The van der Waals surface area contributed by atoms with Gasteiger partial charge < -0.3 is 9.47 Å². The van der Waals surface area contributed by atoms with E-state index in [1.165, 1.54) is 0 Å². The van der Waals surface area contributed by atoms with Gasteiger partial charge in [-0.05, 0) is 38.5 Å². The zero-order valence-corrected chi connectivity index (χ0v) is 12.3. The number of ether oxygens (including phenoxy) is 2. The fourth-order valence-corrected chi connectivity index (χ4v) is 3.70. The Bertz CT molecular complexity index is 410. The van der Waals surface area contributed by atoms with Crippen molar-refractivity contribution in [3.63, 3.8) is 0 Å². The highest BCUT2D eigenvalue weighted by molar-refractivity contribution is 6.01. The number of fused-ring (bicyclic) bond motifs is 1. The van der Waals surface area contributed by atoms with Gasteiger partial charge in [0, 0.05) is 12.3 Å². The maximum atomic E-state index is 12.3. The summed E-state index contributed by atoms with van der Waals surface area (Å²) in [4.78, 5) is 36.3. The van der Waals surface area contributed by atoms with Crippen LogP contribution in [0, 0.1) is 23.2 Å². The summed E-state index contributed by atoms with van der Waals surface area (Å²) in [6, 6.07) is 0. The van der Waals surface area contributed by atoms with Gasteiger partial charge in [-0.15, -0.1) is 0 Å². The summed E-state index contributed by atoms with van der Waals surface area (Å²) in [7, 11) is 0.